The molecule has 0 heterocycles. The Morgan fingerprint density at radius 1 is 0.828 bits per heavy atom. The van der Waals surface area contributed by atoms with Crippen LogP contribution in [0.25, 0.3) is 10.8 Å². The molecule has 0 saturated heterocycles. The van der Waals surface area contributed by atoms with E-state index in [1.54, 1.807) is 14.2 Å². The average molecular weight is 394 g/mol. The average Bonchev–Trinajstić information content (AvgIpc) is 2.76. The van der Waals surface area contributed by atoms with Crippen LogP contribution in [0, 0.1) is 0 Å². The molecule has 0 bridgehead atoms. The first kappa shape index (κ1) is 20.3. The summed E-state index contributed by atoms with van der Waals surface area (Å²) in [7, 11) is 3.21. The van der Waals surface area contributed by atoms with Crippen molar-refractivity contribution in [3.05, 3.63) is 66.2 Å². The van der Waals surface area contributed by atoms with Gasteiger partial charge in [0, 0.05) is 11.9 Å². The van der Waals surface area contributed by atoms with Crippen LogP contribution >= 0.6 is 0 Å². The highest BCUT2D eigenvalue weighted by Gasteiger charge is 2.06. The molecule has 6 heteroatoms. The van der Waals surface area contributed by atoms with Crippen molar-refractivity contribution in [2.75, 3.05) is 33.9 Å². The minimum absolute atomic E-state index is 0.216. The molecule has 0 unspecified atom stereocenters. The number of rotatable bonds is 9. The van der Waals surface area contributed by atoms with Crippen molar-refractivity contribution in [3.8, 4) is 17.2 Å². The van der Waals surface area contributed by atoms with Crippen LogP contribution in [0.2, 0.25) is 0 Å². The second-order valence-corrected chi connectivity index (χ2v) is 6.45. The van der Waals surface area contributed by atoms with Gasteiger partial charge in [0.1, 0.15) is 12.4 Å². The Hall–Kier alpha value is -3.41. The summed E-state index contributed by atoms with van der Waals surface area (Å²) in [6, 6.07) is 19.5. The summed E-state index contributed by atoms with van der Waals surface area (Å²) < 4.78 is 16.3. The fraction of sp³-hybridized carbons (Fsp3) is 0.261. The highest BCUT2D eigenvalue weighted by atomic mass is 16.5. The summed E-state index contributed by atoms with van der Waals surface area (Å²) in [5, 5.41) is 7.85. The molecule has 0 fully saturated rings. The number of amides is 2. The lowest BCUT2D eigenvalue weighted by Gasteiger charge is -2.12. The molecule has 6 nitrogen and oxygen atoms in total. The van der Waals surface area contributed by atoms with Crippen molar-refractivity contribution in [1.82, 2.24) is 10.6 Å². The predicted octanol–water partition coefficient (Wildman–Crippen LogP) is 3.78. The lowest BCUT2D eigenvalue weighted by Crippen LogP contribution is -2.38. The molecular weight excluding hydrogens is 368 g/mol. The summed E-state index contributed by atoms with van der Waals surface area (Å²) in [6.45, 7) is 1.34. The number of carbonyl (C=O) groups is 1. The second-order valence-electron chi connectivity index (χ2n) is 6.45. The molecule has 0 spiro atoms. The number of carbonyl (C=O) groups excluding carboxylic acids is 1. The van der Waals surface area contributed by atoms with Gasteiger partial charge in [0.15, 0.2) is 11.5 Å². The van der Waals surface area contributed by atoms with Gasteiger partial charge in [0.2, 0.25) is 0 Å². The minimum atomic E-state index is -0.216. The van der Waals surface area contributed by atoms with E-state index in [1.807, 2.05) is 60.7 Å². The number of methoxy groups -OCH3 is 2. The van der Waals surface area contributed by atoms with E-state index in [0.29, 0.717) is 37.6 Å². The van der Waals surface area contributed by atoms with Gasteiger partial charge in [-0.05, 0) is 35.6 Å². The van der Waals surface area contributed by atoms with Crippen molar-refractivity contribution in [3.63, 3.8) is 0 Å². The fourth-order valence-electron chi connectivity index (χ4n) is 3.07. The van der Waals surface area contributed by atoms with Gasteiger partial charge in [-0.2, -0.15) is 0 Å². The van der Waals surface area contributed by atoms with E-state index >= 15 is 0 Å². The molecule has 0 aliphatic heterocycles. The standard InChI is InChI=1S/C23H26N2O4/c1-27-21-11-10-17(16-22(21)28-2)12-13-24-23(26)25-14-15-29-20-9-5-7-18-6-3-4-8-19(18)20/h3-11,16H,12-15H2,1-2H3,(H2,24,25,26). The van der Waals surface area contributed by atoms with Crippen molar-refractivity contribution < 1.29 is 19.0 Å². The van der Waals surface area contributed by atoms with E-state index in [-0.39, 0.29) is 6.03 Å². The molecule has 3 aromatic rings. The van der Waals surface area contributed by atoms with Gasteiger partial charge in [-0.25, -0.2) is 4.79 Å². The molecule has 0 saturated carbocycles. The van der Waals surface area contributed by atoms with Gasteiger partial charge >= 0.3 is 6.03 Å². The molecular formula is C23H26N2O4. The monoisotopic (exact) mass is 394 g/mol. The maximum atomic E-state index is 12.0. The maximum Gasteiger partial charge on any atom is 0.314 e. The van der Waals surface area contributed by atoms with Gasteiger partial charge in [0.05, 0.1) is 20.8 Å². The van der Waals surface area contributed by atoms with Crippen LogP contribution in [0.5, 0.6) is 17.2 Å². The number of benzene rings is 3. The highest BCUT2D eigenvalue weighted by molar-refractivity contribution is 5.88. The molecule has 0 atom stereocenters. The topological polar surface area (TPSA) is 68.8 Å². The largest absolute Gasteiger partial charge is 0.493 e. The van der Waals surface area contributed by atoms with Crippen molar-refractivity contribution in [2.45, 2.75) is 6.42 Å². The zero-order valence-electron chi connectivity index (χ0n) is 16.7. The third-order valence-corrected chi connectivity index (χ3v) is 4.54. The molecule has 152 valence electrons. The first-order valence-electron chi connectivity index (χ1n) is 9.54. The Morgan fingerprint density at radius 2 is 1.59 bits per heavy atom. The van der Waals surface area contributed by atoms with E-state index in [1.165, 1.54) is 0 Å². The Kier molecular flexibility index (Phi) is 7.16. The Balaban J connectivity index is 1.38. The Morgan fingerprint density at radius 3 is 2.41 bits per heavy atom. The molecule has 0 aliphatic carbocycles. The number of urea groups is 1. The highest BCUT2D eigenvalue weighted by Crippen LogP contribution is 2.27. The molecule has 0 radical (unpaired) electrons. The van der Waals surface area contributed by atoms with Crippen molar-refractivity contribution in [1.29, 1.82) is 0 Å². The van der Waals surface area contributed by atoms with Gasteiger partial charge < -0.3 is 24.8 Å². The zero-order chi connectivity index (χ0) is 20.5. The van der Waals surface area contributed by atoms with Crippen LogP contribution in [-0.2, 0) is 6.42 Å². The summed E-state index contributed by atoms with van der Waals surface area (Å²) >= 11 is 0. The first-order chi connectivity index (χ1) is 14.2. The molecule has 3 aromatic carbocycles. The summed E-state index contributed by atoms with van der Waals surface area (Å²) in [6.07, 6.45) is 0.695. The summed E-state index contributed by atoms with van der Waals surface area (Å²) in [4.78, 5) is 12.0. The van der Waals surface area contributed by atoms with Crippen molar-refractivity contribution in [2.24, 2.45) is 0 Å². The van der Waals surface area contributed by atoms with Crippen LogP contribution < -0.4 is 24.8 Å². The Labute approximate surface area is 170 Å². The van der Waals surface area contributed by atoms with Gasteiger partial charge in [-0.1, -0.05) is 42.5 Å². The molecule has 0 aromatic heterocycles. The third kappa shape index (κ3) is 5.54. The van der Waals surface area contributed by atoms with Crippen LogP contribution in [0.4, 0.5) is 4.79 Å². The molecule has 2 amide bonds. The normalized spacial score (nSPS) is 10.4. The zero-order valence-corrected chi connectivity index (χ0v) is 16.7. The van der Waals surface area contributed by atoms with Gasteiger partial charge in [0.25, 0.3) is 0 Å². The Bertz CT molecular complexity index is 953. The fourth-order valence-corrected chi connectivity index (χ4v) is 3.07. The lowest BCUT2D eigenvalue weighted by molar-refractivity contribution is 0.237. The van der Waals surface area contributed by atoms with Crippen LogP contribution in [-0.4, -0.2) is 39.9 Å². The van der Waals surface area contributed by atoms with E-state index in [0.717, 1.165) is 22.1 Å². The number of nitrogens with one attached hydrogen (secondary N) is 2. The van der Waals surface area contributed by atoms with Gasteiger partial charge in [-0.15, -0.1) is 0 Å². The summed E-state index contributed by atoms with van der Waals surface area (Å²) in [5.74, 6) is 2.19. The van der Waals surface area contributed by atoms with E-state index in [4.69, 9.17) is 14.2 Å². The van der Waals surface area contributed by atoms with Crippen LogP contribution in [0.15, 0.2) is 60.7 Å². The number of hydrogen-bond donors (Lipinski definition) is 2. The third-order valence-electron chi connectivity index (χ3n) is 4.54. The quantitative estimate of drug-likeness (QED) is 0.542. The number of ether oxygens (including phenoxy) is 3. The van der Waals surface area contributed by atoms with E-state index in [2.05, 4.69) is 10.6 Å². The molecule has 2 N–H and O–H groups in total. The maximum absolute atomic E-state index is 12.0. The van der Waals surface area contributed by atoms with E-state index < -0.39 is 0 Å². The molecule has 29 heavy (non-hydrogen) atoms. The molecule has 0 aliphatic rings. The van der Waals surface area contributed by atoms with Crippen molar-refractivity contribution >= 4 is 16.8 Å². The first-order valence-corrected chi connectivity index (χ1v) is 9.54. The van der Waals surface area contributed by atoms with Crippen LogP contribution in [0.3, 0.4) is 0 Å². The lowest BCUT2D eigenvalue weighted by atomic mass is 10.1. The minimum Gasteiger partial charge on any atom is -0.493 e. The molecule has 3 rings (SSSR count). The SMILES string of the molecule is COc1ccc(CCNC(=O)NCCOc2cccc3ccccc23)cc1OC. The predicted molar refractivity (Wildman–Crippen MR) is 114 cm³/mol. The number of hydrogen-bond acceptors (Lipinski definition) is 4. The second kappa shape index (κ2) is 10.2. The summed E-state index contributed by atoms with van der Waals surface area (Å²) in [5.41, 5.74) is 1.06. The van der Waals surface area contributed by atoms with Crippen LogP contribution in [0.1, 0.15) is 5.56 Å². The van der Waals surface area contributed by atoms with E-state index in [9.17, 15) is 4.79 Å². The number of fused-ring (bicyclic) bond motifs is 1. The van der Waals surface area contributed by atoms with Gasteiger partial charge in [-0.3, -0.25) is 0 Å². The smallest absolute Gasteiger partial charge is 0.314 e.